The van der Waals surface area contributed by atoms with Gasteiger partial charge in [-0.25, -0.2) is 0 Å². The van der Waals surface area contributed by atoms with Gasteiger partial charge in [0.2, 0.25) is 5.91 Å². The van der Waals surface area contributed by atoms with Gasteiger partial charge in [-0.3, -0.25) is 10.1 Å². The van der Waals surface area contributed by atoms with Crippen LogP contribution in [0.3, 0.4) is 0 Å². The van der Waals surface area contributed by atoms with E-state index in [9.17, 15) is 4.79 Å². The second-order valence-electron chi connectivity index (χ2n) is 5.66. The zero-order chi connectivity index (χ0) is 13.1. The van der Waals surface area contributed by atoms with Crippen molar-refractivity contribution in [1.29, 1.82) is 0 Å². The summed E-state index contributed by atoms with van der Waals surface area (Å²) < 4.78 is 0. The molecule has 1 aromatic carbocycles. The summed E-state index contributed by atoms with van der Waals surface area (Å²) in [4.78, 5) is 14.7. The zero-order valence-electron chi connectivity index (χ0n) is 11.3. The Morgan fingerprint density at radius 1 is 1.00 bits per heavy atom. The number of carbonyl (C=O) groups excluding carboxylic acids is 1. The molecule has 0 aromatic heterocycles. The molecule has 0 radical (unpaired) electrons. The van der Waals surface area contributed by atoms with Crippen LogP contribution in [0.5, 0.6) is 0 Å². The fourth-order valence-corrected chi connectivity index (χ4v) is 3.31. The molecule has 2 fully saturated rings. The molecule has 1 saturated carbocycles. The van der Waals surface area contributed by atoms with Crippen molar-refractivity contribution in [2.45, 2.75) is 50.6 Å². The summed E-state index contributed by atoms with van der Waals surface area (Å²) in [6.45, 7) is 0.711. The molecule has 1 unspecified atom stereocenters. The van der Waals surface area contributed by atoms with E-state index in [1.54, 1.807) is 0 Å². The Morgan fingerprint density at radius 2 is 1.68 bits per heavy atom. The van der Waals surface area contributed by atoms with E-state index < -0.39 is 0 Å². The van der Waals surface area contributed by atoms with Gasteiger partial charge in [0.05, 0.1) is 6.67 Å². The van der Waals surface area contributed by atoms with Crippen molar-refractivity contribution in [2.75, 3.05) is 6.67 Å². The molecule has 1 atom stereocenters. The lowest BCUT2D eigenvalue weighted by Gasteiger charge is -2.26. The Kier molecular flexibility index (Phi) is 3.83. The van der Waals surface area contributed by atoms with Crippen LogP contribution < -0.4 is 5.32 Å². The molecule has 3 rings (SSSR count). The molecular weight excluding hydrogens is 236 g/mol. The highest BCUT2D eigenvalue weighted by atomic mass is 16.2. The molecule has 1 heterocycles. The van der Waals surface area contributed by atoms with Crippen LogP contribution in [0.25, 0.3) is 0 Å². The van der Waals surface area contributed by atoms with E-state index in [-0.39, 0.29) is 11.9 Å². The second kappa shape index (κ2) is 5.74. The number of nitrogens with one attached hydrogen (secondary N) is 1. The minimum atomic E-state index is -0.135. The van der Waals surface area contributed by atoms with Gasteiger partial charge in [-0.05, 0) is 18.4 Å². The van der Waals surface area contributed by atoms with Crippen molar-refractivity contribution in [1.82, 2.24) is 10.2 Å². The molecule has 1 aliphatic heterocycles. The third kappa shape index (κ3) is 2.66. The Hall–Kier alpha value is -1.35. The quantitative estimate of drug-likeness (QED) is 0.827. The molecule has 1 N–H and O–H groups in total. The Labute approximate surface area is 115 Å². The largest absolute Gasteiger partial charge is 0.325 e. The SMILES string of the molecule is O=C1C(c2ccccc2)NCN1C1CCCCCC1. The highest BCUT2D eigenvalue weighted by Gasteiger charge is 2.36. The molecule has 3 heteroatoms. The van der Waals surface area contributed by atoms with Gasteiger partial charge in [-0.1, -0.05) is 56.0 Å². The van der Waals surface area contributed by atoms with Gasteiger partial charge in [0.1, 0.15) is 6.04 Å². The summed E-state index contributed by atoms with van der Waals surface area (Å²) in [6.07, 6.45) is 7.54. The summed E-state index contributed by atoms with van der Waals surface area (Å²) in [5, 5.41) is 3.37. The monoisotopic (exact) mass is 258 g/mol. The van der Waals surface area contributed by atoms with Crippen LogP contribution >= 0.6 is 0 Å². The van der Waals surface area contributed by atoms with Crippen LogP contribution in [-0.2, 0) is 4.79 Å². The third-order valence-corrected chi connectivity index (χ3v) is 4.39. The smallest absolute Gasteiger partial charge is 0.245 e. The molecule has 0 spiro atoms. The van der Waals surface area contributed by atoms with Crippen molar-refractivity contribution >= 4 is 5.91 Å². The zero-order valence-corrected chi connectivity index (χ0v) is 11.3. The van der Waals surface area contributed by atoms with E-state index in [4.69, 9.17) is 0 Å². The van der Waals surface area contributed by atoms with Crippen LogP contribution in [0, 0.1) is 0 Å². The predicted molar refractivity (Wildman–Crippen MR) is 75.5 cm³/mol. The molecule has 1 aliphatic carbocycles. The maximum atomic E-state index is 12.6. The van der Waals surface area contributed by atoms with Crippen molar-refractivity contribution in [3.05, 3.63) is 35.9 Å². The number of carbonyl (C=O) groups is 1. The number of hydrogen-bond acceptors (Lipinski definition) is 2. The Morgan fingerprint density at radius 3 is 2.37 bits per heavy atom. The fraction of sp³-hybridized carbons (Fsp3) is 0.562. The molecule has 2 aliphatic rings. The van der Waals surface area contributed by atoms with E-state index in [0.29, 0.717) is 12.7 Å². The van der Waals surface area contributed by atoms with E-state index >= 15 is 0 Å². The normalized spacial score (nSPS) is 25.6. The molecule has 1 saturated heterocycles. The number of rotatable bonds is 2. The molecule has 102 valence electrons. The maximum absolute atomic E-state index is 12.6. The van der Waals surface area contributed by atoms with Crippen LogP contribution in [0.15, 0.2) is 30.3 Å². The number of benzene rings is 1. The van der Waals surface area contributed by atoms with E-state index in [1.165, 1.54) is 38.5 Å². The van der Waals surface area contributed by atoms with Crippen molar-refractivity contribution in [2.24, 2.45) is 0 Å². The lowest BCUT2D eigenvalue weighted by molar-refractivity contribution is -0.131. The van der Waals surface area contributed by atoms with E-state index in [1.807, 2.05) is 30.3 Å². The van der Waals surface area contributed by atoms with Crippen molar-refractivity contribution in [3.63, 3.8) is 0 Å². The van der Waals surface area contributed by atoms with Gasteiger partial charge >= 0.3 is 0 Å². The van der Waals surface area contributed by atoms with Gasteiger partial charge in [0.15, 0.2) is 0 Å². The molecule has 0 bridgehead atoms. The van der Waals surface area contributed by atoms with E-state index in [2.05, 4.69) is 10.2 Å². The summed E-state index contributed by atoms with van der Waals surface area (Å²) in [6, 6.07) is 10.4. The standard InChI is InChI=1S/C16H22N2O/c19-16-15(13-8-4-3-5-9-13)17-12-18(16)14-10-6-1-2-7-11-14/h3-5,8-9,14-15,17H,1-2,6-7,10-12H2. The lowest BCUT2D eigenvalue weighted by atomic mass is 10.0. The molecule has 1 aromatic rings. The number of hydrogen-bond donors (Lipinski definition) is 1. The maximum Gasteiger partial charge on any atom is 0.245 e. The molecule has 3 nitrogen and oxygen atoms in total. The summed E-state index contributed by atoms with van der Waals surface area (Å²) in [7, 11) is 0. The third-order valence-electron chi connectivity index (χ3n) is 4.39. The molecular formula is C16H22N2O. The first kappa shape index (κ1) is 12.7. The highest BCUT2D eigenvalue weighted by molar-refractivity contribution is 5.85. The van der Waals surface area contributed by atoms with Crippen molar-refractivity contribution in [3.8, 4) is 0 Å². The first-order chi connectivity index (χ1) is 9.36. The first-order valence-corrected chi connectivity index (χ1v) is 7.45. The minimum absolute atomic E-state index is 0.135. The first-order valence-electron chi connectivity index (χ1n) is 7.45. The van der Waals surface area contributed by atoms with Gasteiger partial charge in [0.25, 0.3) is 0 Å². The van der Waals surface area contributed by atoms with Crippen LogP contribution in [0.4, 0.5) is 0 Å². The number of nitrogens with zero attached hydrogens (tertiary/aromatic N) is 1. The summed E-state index contributed by atoms with van der Waals surface area (Å²) in [5.41, 5.74) is 1.09. The topological polar surface area (TPSA) is 32.3 Å². The summed E-state index contributed by atoms with van der Waals surface area (Å²) >= 11 is 0. The van der Waals surface area contributed by atoms with Gasteiger partial charge in [-0.15, -0.1) is 0 Å². The van der Waals surface area contributed by atoms with Crippen LogP contribution in [-0.4, -0.2) is 23.5 Å². The molecule has 1 amide bonds. The average Bonchev–Trinajstić information content (AvgIpc) is 2.67. The van der Waals surface area contributed by atoms with Crippen molar-refractivity contribution < 1.29 is 4.79 Å². The van der Waals surface area contributed by atoms with Gasteiger partial charge < -0.3 is 4.90 Å². The second-order valence-corrected chi connectivity index (χ2v) is 5.66. The lowest BCUT2D eigenvalue weighted by Crippen LogP contribution is -2.37. The Balaban J connectivity index is 1.71. The Bertz CT molecular complexity index is 424. The average molecular weight is 258 g/mol. The van der Waals surface area contributed by atoms with E-state index in [0.717, 1.165) is 5.56 Å². The van der Waals surface area contributed by atoms with Gasteiger partial charge in [-0.2, -0.15) is 0 Å². The predicted octanol–water partition coefficient (Wildman–Crippen LogP) is 2.84. The van der Waals surface area contributed by atoms with Crippen LogP contribution in [0.2, 0.25) is 0 Å². The fourth-order valence-electron chi connectivity index (χ4n) is 3.31. The highest BCUT2D eigenvalue weighted by Crippen LogP contribution is 2.27. The molecule has 19 heavy (non-hydrogen) atoms. The minimum Gasteiger partial charge on any atom is -0.325 e. The van der Waals surface area contributed by atoms with Gasteiger partial charge in [0, 0.05) is 6.04 Å². The number of amides is 1. The van der Waals surface area contributed by atoms with Crippen LogP contribution in [0.1, 0.15) is 50.1 Å². The summed E-state index contributed by atoms with van der Waals surface area (Å²) in [5.74, 6) is 0.262.